The molecule has 9 nitrogen and oxygen atoms in total. The Kier molecular flexibility index (Phi) is 8.53. The monoisotopic (exact) mass is 572 g/mol. The number of carbonyl (C=O) groups excluding carboxylic acids is 1. The van der Waals surface area contributed by atoms with Crippen LogP contribution in [0.4, 0.5) is 5.13 Å². The Bertz CT molecular complexity index is 1380. The molecule has 0 N–H and O–H groups in total. The number of carbonyl (C=O) groups is 1. The maximum Gasteiger partial charge on any atom is 0.247 e. The van der Waals surface area contributed by atoms with Crippen LogP contribution in [0.15, 0.2) is 41.3 Å². The largest absolute Gasteiger partial charge is 0.497 e. The molecule has 0 spiro atoms. The predicted octanol–water partition coefficient (Wildman–Crippen LogP) is 3.83. The van der Waals surface area contributed by atoms with Crippen molar-refractivity contribution in [3.05, 3.63) is 47.5 Å². The van der Waals surface area contributed by atoms with Gasteiger partial charge in [-0.25, -0.2) is 13.4 Å². The standard InChI is InChI=1S/C28H36N4O5S2/c1-20-7-8-21(2)26-25(20)29-28(38-26)31(14-5-13-30-16-18-37-19-17-30)27(33)24-6-4-15-32(24)39(34,35)23-11-9-22(36-3)10-12-23/h7-12,24H,4-6,13-19H2,1-3H3. The number of amides is 1. The van der Waals surface area contributed by atoms with Gasteiger partial charge in [-0.1, -0.05) is 23.5 Å². The molecule has 2 aromatic carbocycles. The Morgan fingerprint density at radius 2 is 1.82 bits per heavy atom. The van der Waals surface area contributed by atoms with Gasteiger partial charge in [0.15, 0.2) is 5.13 Å². The van der Waals surface area contributed by atoms with E-state index in [-0.39, 0.29) is 10.8 Å². The van der Waals surface area contributed by atoms with Gasteiger partial charge in [-0.05, 0) is 68.5 Å². The minimum atomic E-state index is -3.86. The molecule has 5 rings (SSSR count). The summed E-state index contributed by atoms with van der Waals surface area (Å²) in [5.74, 6) is 0.372. The van der Waals surface area contributed by atoms with Crippen LogP contribution < -0.4 is 9.64 Å². The minimum absolute atomic E-state index is 0.160. The highest BCUT2D eigenvalue weighted by atomic mass is 32.2. The maximum absolute atomic E-state index is 14.2. The number of fused-ring (bicyclic) bond motifs is 1. The first-order valence-electron chi connectivity index (χ1n) is 13.4. The second kappa shape index (κ2) is 11.9. The molecule has 11 heteroatoms. The van der Waals surface area contributed by atoms with Gasteiger partial charge in [0.2, 0.25) is 15.9 Å². The number of nitrogens with zero attached hydrogens (tertiary/aromatic N) is 4. The van der Waals surface area contributed by atoms with Crippen molar-refractivity contribution in [3.8, 4) is 5.75 Å². The van der Waals surface area contributed by atoms with Gasteiger partial charge >= 0.3 is 0 Å². The fourth-order valence-corrected chi connectivity index (χ4v) is 8.07. The van der Waals surface area contributed by atoms with E-state index in [9.17, 15) is 13.2 Å². The van der Waals surface area contributed by atoms with Crippen LogP contribution in [0.25, 0.3) is 10.2 Å². The highest BCUT2D eigenvalue weighted by Crippen LogP contribution is 2.35. The molecule has 0 radical (unpaired) electrons. The van der Waals surface area contributed by atoms with Gasteiger partial charge < -0.3 is 9.47 Å². The van der Waals surface area contributed by atoms with Crippen molar-refractivity contribution in [3.63, 3.8) is 0 Å². The number of thiazole rings is 1. The van der Waals surface area contributed by atoms with Gasteiger partial charge in [0.1, 0.15) is 11.8 Å². The molecular weight excluding hydrogens is 536 g/mol. The lowest BCUT2D eigenvalue weighted by Gasteiger charge is -2.30. The summed E-state index contributed by atoms with van der Waals surface area (Å²) in [6, 6.07) is 9.68. The highest BCUT2D eigenvalue weighted by molar-refractivity contribution is 7.89. The van der Waals surface area contributed by atoms with Gasteiger partial charge in [-0.3, -0.25) is 14.6 Å². The molecule has 1 amide bonds. The second-order valence-corrected chi connectivity index (χ2v) is 13.0. The van der Waals surface area contributed by atoms with Crippen LogP contribution in [0, 0.1) is 13.8 Å². The van der Waals surface area contributed by atoms with Crippen molar-refractivity contribution in [1.29, 1.82) is 0 Å². The first-order valence-corrected chi connectivity index (χ1v) is 15.7. The van der Waals surface area contributed by atoms with Gasteiger partial charge in [0, 0.05) is 32.7 Å². The summed E-state index contributed by atoms with van der Waals surface area (Å²) in [7, 11) is -2.32. The number of anilines is 1. The van der Waals surface area contributed by atoms with E-state index in [2.05, 4.69) is 17.9 Å². The van der Waals surface area contributed by atoms with Crippen LogP contribution in [0.2, 0.25) is 0 Å². The van der Waals surface area contributed by atoms with Crippen molar-refractivity contribution in [2.24, 2.45) is 0 Å². The van der Waals surface area contributed by atoms with Crippen LogP contribution in [0.3, 0.4) is 0 Å². The van der Waals surface area contributed by atoms with Crippen molar-refractivity contribution in [1.82, 2.24) is 14.2 Å². The van der Waals surface area contributed by atoms with E-state index in [1.165, 1.54) is 34.9 Å². The molecule has 0 aliphatic carbocycles. The molecule has 2 aliphatic heterocycles. The number of hydrogen-bond donors (Lipinski definition) is 0. The number of ether oxygens (including phenoxy) is 2. The Morgan fingerprint density at radius 1 is 1.10 bits per heavy atom. The number of methoxy groups -OCH3 is 1. The maximum atomic E-state index is 14.2. The summed E-state index contributed by atoms with van der Waals surface area (Å²) in [5.41, 5.74) is 3.07. The fourth-order valence-electron chi connectivity index (χ4n) is 5.28. The number of hydrogen-bond acceptors (Lipinski definition) is 8. The Hall–Kier alpha value is -2.57. The molecule has 2 saturated heterocycles. The van der Waals surface area contributed by atoms with Gasteiger partial charge in [-0.2, -0.15) is 4.31 Å². The lowest BCUT2D eigenvalue weighted by Crippen LogP contribution is -2.48. The van der Waals surface area contributed by atoms with Crippen LogP contribution in [0.5, 0.6) is 5.75 Å². The van der Waals surface area contributed by atoms with E-state index in [4.69, 9.17) is 14.5 Å². The number of benzene rings is 2. The third-order valence-electron chi connectivity index (χ3n) is 7.54. The van der Waals surface area contributed by atoms with Crippen LogP contribution in [-0.2, 0) is 19.6 Å². The SMILES string of the molecule is COc1ccc(S(=O)(=O)N2CCCC2C(=O)N(CCCN2CCOCC2)c2nc3c(C)ccc(C)c3s2)cc1. The number of morpholine rings is 1. The molecule has 3 heterocycles. The topological polar surface area (TPSA) is 92.3 Å². The van der Waals surface area contributed by atoms with Gasteiger partial charge in [-0.15, -0.1) is 0 Å². The zero-order valence-electron chi connectivity index (χ0n) is 22.8. The molecule has 3 aromatic rings. The van der Waals surface area contributed by atoms with Crippen LogP contribution >= 0.6 is 11.3 Å². The molecule has 210 valence electrons. The first kappa shape index (κ1) is 28.0. The Morgan fingerprint density at radius 3 is 2.51 bits per heavy atom. The lowest BCUT2D eigenvalue weighted by molar-refractivity contribution is -0.121. The summed E-state index contributed by atoms with van der Waals surface area (Å²) in [4.78, 5) is 23.3. The summed E-state index contributed by atoms with van der Waals surface area (Å²) in [6.45, 7) is 8.90. The van der Waals surface area contributed by atoms with E-state index >= 15 is 0 Å². The number of rotatable bonds is 9. The van der Waals surface area contributed by atoms with Crippen molar-refractivity contribution < 1.29 is 22.7 Å². The Balaban J connectivity index is 1.43. The number of sulfonamides is 1. The van der Waals surface area contributed by atoms with Gasteiger partial charge in [0.25, 0.3) is 0 Å². The molecule has 2 fully saturated rings. The van der Waals surface area contributed by atoms with Gasteiger partial charge in [0.05, 0.1) is 35.4 Å². The first-order chi connectivity index (χ1) is 18.8. The average Bonchev–Trinajstić information content (AvgIpc) is 3.63. The fraction of sp³-hybridized carbons (Fsp3) is 0.500. The molecule has 1 atom stereocenters. The van der Waals surface area contributed by atoms with E-state index in [1.54, 1.807) is 17.0 Å². The summed E-state index contributed by atoms with van der Waals surface area (Å²) in [5, 5.41) is 0.628. The van der Waals surface area contributed by atoms with Crippen molar-refractivity contribution in [2.75, 3.05) is 57.9 Å². The van der Waals surface area contributed by atoms with E-state index in [0.717, 1.165) is 60.6 Å². The van der Waals surface area contributed by atoms with Crippen LogP contribution in [-0.4, -0.2) is 87.6 Å². The summed E-state index contributed by atoms with van der Waals surface area (Å²) in [6.07, 6.45) is 1.88. The smallest absolute Gasteiger partial charge is 0.247 e. The van der Waals surface area contributed by atoms with Crippen molar-refractivity contribution >= 4 is 42.6 Å². The van der Waals surface area contributed by atoms with E-state index < -0.39 is 16.1 Å². The number of aromatic nitrogens is 1. The Labute approximate surface area is 234 Å². The zero-order valence-corrected chi connectivity index (χ0v) is 24.4. The molecule has 0 bridgehead atoms. The van der Waals surface area contributed by atoms with E-state index in [1.807, 2.05) is 13.0 Å². The quantitative estimate of drug-likeness (QED) is 0.385. The lowest BCUT2D eigenvalue weighted by atomic mass is 10.1. The second-order valence-electron chi connectivity index (χ2n) is 10.1. The van der Waals surface area contributed by atoms with E-state index in [0.29, 0.717) is 36.8 Å². The van der Waals surface area contributed by atoms with Crippen molar-refractivity contribution in [2.45, 2.75) is 44.0 Å². The molecular formula is C28H36N4O5S2. The number of aryl methyl sites for hydroxylation is 2. The average molecular weight is 573 g/mol. The molecule has 1 unspecified atom stereocenters. The molecule has 1 aromatic heterocycles. The van der Waals surface area contributed by atoms with Crippen LogP contribution in [0.1, 0.15) is 30.4 Å². The molecule has 2 aliphatic rings. The zero-order chi connectivity index (χ0) is 27.6. The molecule has 0 saturated carbocycles. The third kappa shape index (κ3) is 5.83. The third-order valence-corrected chi connectivity index (χ3v) is 10.7. The summed E-state index contributed by atoms with van der Waals surface area (Å²) >= 11 is 1.51. The molecule has 39 heavy (non-hydrogen) atoms. The highest BCUT2D eigenvalue weighted by Gasteiger charge is 2.42. The summed E-state index contributed by atoms with van der Waals surface area (Å²) < 4.78 is 40.4. The normalized spacial score (nSPS) is 19.0. The minimum Gasteiger partial charge on any atom is -0.497 e. The predicted molar refractivity (Wildman–Crippen MR) is 153 cm³/mol.